The van der Waals surface area contributed by atoms with Crippen molar-refractivity contribution in [1.29, 1.82) is 0 Å². The van der Waals surface area contributed by atoms with Crippen molar-refractivity contribution in [2.45, 2.75) is 12.8 Å². The van der Waals surface area contributed by atoms with Crippen molar-refractivity contribution in [1.82, 2.24) is 5.32 Å². The lowest BCUT2D eigenvalue weighted by molar-refractivity contribution is 0.0962. The monoisotopic (exact) mass is 362 g/mol. The summed E-state index contributed by atoms with van der Waals surface area (Å²) in [6.07, 6.45) is 1.98. The standard InChI is InChI=1S/C21H18N2O2S/c1-22-20(24)14-8-10-16(11-9-14)23-21(25)18-12-15-7-6-13-4-2-3-5-17(13)19(15)26-18/h2-5,8-12H,6-7H2,1H3,(H,22,24)(H,23,25). The molecule has 0 saturated carbocycles. The zero-order valence-corrected chi connectivity index (χ0v) is 15.2. The normalized spacial score (nSPS) is 12.0. The van der Waals surface area contributed by atoms with Crippen LogP contribution in [0.15, 0.2) is 54.6 Å². The molecule has 1 aliphatic rings. The summed E-state index contributed by atoms with van der Waals surface area (Å²) in [5, 5.41) is 5.49. The minimum Gasteiger partial charge on any atom is -0.355 e. The van der Waals surface area contributed by atoms with E-state index in [-0.39, 0.29) is 11.8 Å². The maximum absolute atomic E-state index is 12.6. The fourth-order valence-corrected chi connectivity index (χ4v) is 4.39. The van der Waals surface area contributed by atoms with Crippen LogP contribution in [-0.4, -0.2) is 18.9 Å². The summed E-state index contributed by atoms with van der Waals surface area (Å²) in [6, 6.07) is 17.3. The smallest absolute Gasteiger partial charge is 0.265 e. The predicted octanol–water partition coefficient (Wildman–Crippen LogP) is 4.13. The van der Waals surface area contributed by atoms with Crippen molar-refractivity contribution in [3.8, 4) is 10.4 Å². The Balaban J connectivity index is 1.55. The van der Waals surface area contributed by atoms with Crippen LogP contribution in [0.25, 0.3) is 10.4 Å². The molecule has 5 heteroatoms. The van der Waals surface area contributed by atoms with Crippen LogP contribution in [0.4, 0.5) is 5.69 Å². The highest BCUT2D eigenvalue weighted by atomic mass is 32.1. The third kappa shape index (κ3) is 3.02. The van der Waals surface area contributed by atoms with Gasteiger partial charge in [-0.25, -0.2) is 0 Å². The van der Waals surface area contributed by atoms with E-state index in [9.17, 15) is 9.59 Å². The summed E-state index contributed by atoms with van der Waals surface area (Å²) in [7, 11) is 1.59. The number of hydrogen-bond acceptors (Lipinski definition) is 3. The molecule has 1 aromatic heterocycles. The summed E-state index contributed by atoms with van der Waals surface area (Å²) in [6.45, 7) is 0. The van der Waals surface area contributed by atoms with Gasteiger partial charge in [0.05, 0.1) is 4.88 Å². The van der Waals surface area contributed by atoms with Crippen molar-refractivity contribution in [3.63, 3.8) is 0 Å². The summed E-state index contributed by atoms with van der Waals surface area (Å²) in [5.41, 5.74) is 5.07. The minimum absolute atomic E-state index is 0.116. The number of nitrogens with one attached hydrogen (secondary N) is 2. The van der Waals surface area contributed by atoms with Crippen LogP contribution in [0.3, 0.4) is 0 Å². The molecular formula is C21H18N2O2S. The number of carbonyl (C=O) groups is 2. The van der Waals surface area contributed by atoms with Gasteiger partial charge >= 0.3 is 0 Å². The molecule has 2 amide bonds. The highest BCUT2D eigenvalue weighted by Crippen LogP contribution is 2.39. The molecule has 4 rings (SSSR count). The molecule has 0 saturated heterocycles. The van der Waals surface area contributed by atoms with Gasteiger partial charge in [-0.05, 0) is 59.9 Å². The van der Waals surface area contributed by atoms with Crippen LogP contribution in [0.2, 0.25) is 0 Å². The Bertz CT molecular complexity index is 990. The Morgan fingerprint density at radius 1 is 0.923 bits per heavy atom. The van der Waals surface area contributed by atoms with Gasteiger partial charge in [-0.2, -0.15) is 0 Å². The van der Waals surface area contributed by atoms with Gasteiger partial charge in [-0.1, -0.05) is 24.3 Å². The van der Waals surface area contributed by atoms with Gasteiger partial charge < -0.3 is 10.6 Å². The van der Waals surface area contributed by atoms with Crippen LogP contribution in [0, 0.1) is 0 Å². The lowest BCUT2D eigenvalue weighted by atomic mass is 9.91. The number of carbonyl (C=O) groups excluding carboxylic acids is 2. The van der Waals surface area contributed by atoms with Crippen LogP contribution in [0.5, 0.6) is 0 Å². The number of anilines is 1. The van der Waals surface area contributed by atoms with E-state index in [0.29, 0.717) is 16.1 Å². The first-order chi connectivity index (χ1) is 12.7. The number of aryl methyl sites for hydroxylation is 2. The van der Waals surface area contributed by atoms with E-state index >= 15 is 0 Å². The Morgan fingerprint density at radius 3 is 2.42 bits per heavy atom. The first kappa shape index (κ1) is 16.5. The van der Waals surface area contributed by atoms with E-state index in [1.807, 2.05) is 12.1 Å². The van der Waals surface area contributed by atoms with E-state index in [1.54, 1.807) is 42.6 Å². The van der Waals surface area contributed by atoms with E-state index < -0.39 is 0 Å². The third-order valence-electron chi connectivity index (χ3n) is 4.59. The summed E-state index contributed by atoms with van der Waals surface area (Å²) in [5.74, 6) is -0.262. The highest BCUT2D eigenvalue weighted by Gasteiger charge is 2.21. The number of benzene rings is 2. The average molecular weight is 362 g/mol. The molecule has 1 heterocycles. The highest BCUT2D eigenvalue weighted by molar-refractivity contribution is 7.17. The average Bonchev–Trinajstić information content (AvgIpc) is 3.13. The Labute approximate surface area is 155 Å². The number of amides is 2. The lowest BCUT2D eigenvalue weighted by Gasteiger charge is -2.15. The molecule has 130 valence electrons. The third-order valence-corrected chi connectivity index (χ3v) is 5.80. The first-order valence-electron chi connectivity index (χ1n) is 8.50. The van der Waals surface area contributed by atoms with E-state index in [1.165, 1.54) is 21.6 Å². The fourth-order valence-electron chi connectivity index (χ4n) is 3.23. The summed E-state index contributed by atoms with van der Waals surface area (Å²) >= 11 is 1.54. The zero-order valence-electron chi connectivity index (χ0n) is 14.3. The molecule has 2 N–H and O–H groups in total. The molecule has 0 atom stereocenters. The topological polar surface area (TPSA) is 58.2 Å². The zero-order chi connectivity index (χ0) is 18.1. The summed E-state index contributed by atoms with van der Waals surface area (Å²) < 4.78 is 0. The van der Waals surface area contributed by atoms with Crippen LogP contribution in [-0.2, 0) is 12.8 Å². The molecule has 0 aliphatic heterocycles. The summed E-state index contributed by atoms with van der Waals surface area (Å²) in [4.78, 5) is 26.1. The first-order valence-corrected chi connectivity index (χ1v) is 9.32. The molecule has 0 fully saturated rings. The molecule has 26 heavy (non-hydrogen) atoms. The molecule has 2 aromatic carbocycles. The van der Waals surface area contributed by atoms with Crippen molar-refractivity contribution >= 4 is 28.8 Å². The second kappa shape index (κ2) is 6.77. The number of hydrogen-bond donors (Lipinski definition) is 2. The van der Waals surface area contributed by atoms with E-state index in [2.05, 4.69) is 28.8 Å². The van der Waals surface area contributed by atoms with Crippen LogP contribution in [0.1, 0.15) is 31.2 Å². The van der Waals surface area contributed by atoms with Crippen molar-refractivity contribution in [3.05, 3.63) is 76.2 Å². The van der Waals surface area contributed by atoms with Crippen LogP contribution >= 0.6 is 11.3 Å². The Kier molecular flexibility index (Phi) is 4.31. The van der Waals surface area contributed by atoms with Gasteiger partial charge in [0.25, 0.3) is 11.8 Å². The van der Waals surface area contributed by atoms with Crippen molar-refractivity contribution in [2.24, 2.45) is 0 Å². The maximum atomic E-state index is 12.6. The van der Waals surface area contributed by atoms with E-state index in [4.69, 9.17) is 0 Å². The number of rotatable bonds is 3. The quantitative estimate of drug-likeness (QED) is 0.736. The second-order valence-electron chi connectivity index (χ2n) is 6.23. The van der Waals surface area contributed by atoms with Gasteiger partial charge in [0.15, 0.2) is 0 Å². The van der Waals surface area contributed by atoms with Crippen molar-refractivity contribution in [2.75, 3.05) is 12.4 Å². The lowest BCUT2D eigenvalue weighted by Crippen LogP contribution is -2.17. The van der Waals surface area contributed by atoms with Gasteiger partial charge in [0.2, 0.25) is 0 Å². The number of fused-ring (bicyclic) bond motifs is 3. The molecular weight excluding hydrogens is 344 g/mol. The van der Waals surface area contributed by atoms with E-state index in [0.717, 1.165) is 12.8 Å². The molecule has 4 nitrogen and oxygen atoms in total. The molecule has 0 radical (unpaired) electrons. The van der Waals surface area contributed by atoms with Gasteiger partial charge in [-0.15, -0.1) is 11.3 Å². The molecule has 3 aromatic rings. The molecule has 0 unspecified atom stereocenters. The van der Waals surface area contributed by atoms with Gasteiger partial charge in [-0.3, -0.25) is 9.59 Å². The van der Waals surface area contributed by atoms with Crippen LogP contribution < -0.4 is 10.6 Å². The molecule has 1 aliphatic carbocycles. The fraction of sp³-hybridized carbons (Fsp3) is 0.143. The van der Waals surface area contributed by atoms with Crippen molar-refractivity contribution < 1.29 is 9.59 Å². The molecule has 0 bridgehead atoms. The number of thiophene rings is 1. The Hall–Kier alpha value is -2.92. The second-order valence-corrected chi connectivity index (χ2v) is 7.28. The Morgan fingerprint density at radius 2 is 1.65 bits per heavy atom. The van der Waals surface area contributed by atoms with Gasteiger partial charge in [0, 0.05) is 23.2 Å². The maximum Gasteiger partial charge on any atom is 0.265 e. The predicted molar refractivity (Wildman–Crippen MR) is 105 cm³/mol. The SMILES string of the molecule is CNC(=O)c1ccc(NC(=O)c2cc3c(s2)-c2ccccc2CC3)cc1. The minimum atomic E-state index is -0.146. The largest absolute Gasteiger partial charge is 0.355 e. The van der Waals surface area contributed by atoms with Gasteiger partial charge in [0.1, 0.15) is 0 Å². The molecule has 0 spiro atoms.